The first-order chi connectivity index (χ1) is 16.9. The zero-order chi connectivity index (χ0) is 27.0. The topological polar surface area (TPSA) is 182 Å². The van der Waals surface area contributed by atoms with Gasteiger partial charge in [0.05, 0.1) is 20.3 Å². The molecule has 1 aromatic carbocycles. The van der Waals surface area contributed by atoms with Gasteiger partial charge in [-0.25, -0.2) is 4.57 Å². The van der Waals surface area contributed by atoms with Crippen LogP contribution in [0.25, 0.3) is 0 Å². The van der Waals surface area contributed by atoms with Crippen LogP contribution in [0.5, 0.6) is 11.5 Å². The first kappa shape index (κ1) is 30.0. The van der Waals surface area contributed by atoms with Crippen molar-refractivity contribution in [2.75, 3.05) is 20.3 Å². The van der Waals surface area contributed by atoms with Crippen molar-refractivity contribution in [1.29, 1.82) is 0 Å². The lowest BCUT2D eigenvalue weighted by Crippen LogP contribution is -2.64. The van der Waals surface area contributed by atoms with Crippen molar-refractivity contribution < 1.29 is 52.7 Å². The Bertz CT molecular complexity index is 914. The first-order valence-electron chi connectivity index (χ1n) is 11.4. The number of benzene rings is 1. The van der Waals surface area contributed by atoms with Gasteiger partial charge in [-0.2, -0.15) is 5.09 Å². The molecule has 1 aromatic rings. The second kappa shape index (κ2) is 13.3. The highest BCUT2D eigenvalue weighted by molar-refractivity contribution is 7.52. The molecule has 1 saturated heterocycles. The molecule has 1 heterocycles. The van der Waals surface area contributed by atoms with Crippen LogP contribution in [0.1, 0.15) is 27.7 Å². The fourth-order valence-corrected chi connectivity index (χ4v) is 5.36. The Morgan fingerprint density at radius 2 is 1.78 bits per heavy atom. The van der Waals surface area contributed by atoms with E-state index in [1.807, 2.05) is 0 Å². The molecular weight excluding hydrogens is 499 g/mol. The lowest BCUT2D eigenvalue weighted by Gasteiger charge is -2.43. The number of hydrogen-bond acceptors (Lipinski definition) is 11. The number of nitrogens with one attached hydrogen (secondary N) is 2. The third kappa shape index (κ3) is 7.87. The van der Waals surface area contributed by atoms with Gasteiger partial charge < -0.3 is 39.4 Å². The predicted molar refractivity (Wildman–Crippen MR) is 126 cm³/mol. The molecule has 36 heavy (non-hydrogen) atoms. The van der Waals surface area contributed by atoms with Gasteiger partial charge in [0.25, 0.3) is 0 Å². The number of methoxy groups -OCH3 is 1. The van der Waals surface area contributed by atoms with Crippen LogP contribution in [0.2, 0.25) is 0 Å². The summed E-state index contributed by atoms with van der Waals surface area (Å²) < 4.78 is 40.9. The summed E-state index contributed by atoms with van der Waals surface area (Å²) in [4.78, 5) is 24.3. The molecule has 5 N–H and O–H groups in total. The number of ether oxygens (including phenoxy) is 3. The maximum Gasteiger partial charge on any atom is 0.459 e. The largest absolute Gasteiger partial charge is 0.497 e. The van der Waals surface area contributed by atoms with Crippen LogP contribution in [-0.2, 0) is 28.2 Å². The maximum atomic E-state index is 14.1. The average molecular weight is 534 g/mol. The molecule has 0 saturated carbocycles. The van der Waals surface area contributed by atoms with E-state index in [4.69, 9.17) is 23.3 Å². The molecule has 2 rings (SSSR count). The van der Waals surface area contributed by atoms with Crippen molar-refractivity contribution >= 4 is 19.6 Å². The van der Waals surface area contributed by atoms with Gasteiger partial charge in [-0.15, -0.1) is 0 Å². The van der Waals surface area contributed by atoms with Gasteiger partial charge in [-0.05, 0) is 37.1 Å². The van der Waals surface area contributed by atoms with Gasteiger partial charge in [0.15, 0.2) is 6.29 Å². The van der Waals surface area contributed by atoms with E-state index in [0.29, 0.717) is 5.75 Å². The minimum Gasteiger partial charge on any atom is -0.497 e. The van der Waals surface area contributed by atoms with Crippen molar-refractivity contribution in [1.82, 2.24) is 10.4 Å². The van der Waals surface area contributed by atoms with Crippen LogP contribution in [0.4, 0.5) is 0 Å². The summed E-state index contributed by atoms with van der Waals surface area (Å²) in [7, 11) is -3.09. The molecule has 1 aliphatic heterocycles. The van der Waals surface area contributed by atoms with E-state index in [9.17, 15) is 29.5 Å². The monoisotopic (exact) mass is 534 g/mol. The number of carbonyl (C=O) groups excluding carboxylic acids is 2. The molecule has 204 valence electrons. The summed E-state index contributed by atoms with van der Waals surface area (Å²) in [5.41, 5.74) is 0. The van der Waals surface area contributed by atoms with E-state index in [1.165, 1.54) is 19.2 Å². The number of carbonyl (C=O) groups is 2. The van der Waals surface area contributed by atoms with E-state index in [-0.39, 0.29) is 12.4 Å². The Labute approximate surface area is 209 Å². The highest BCUT2D eigenvalue weighted by atomic mass is 31.2. The summed E-state index contributed by atoms with van der Waals surface area (Å²) in [5, 5.41) is 35.7. The van der Waals surface area contributed by atoms with Crippen molar-refractivity contribution in [2.24, 2.45) is 5.92 Å². The zero-order valence-electron chi connectivity index (χ0n) is 20.8. The molecule has 13 nitrogen and oxygen atoms in total. The molecule has 2 unspecified atom stereocenters. The molecule has 0 spiro atoms. The molecular formula is C22H35N2O11P. The van der Waals surface area contributed by atoms with Crippen LogP contribution in [0.3, 0.4) is 0 Å². The highest BCUT2D eigenvalue weighted by Crippen LogP contribution is 2.48. The van der Waals surface area contributed by atoms with Gasteiger partial charge in [-0.3, -0.25) is 14.1 Å². The Morgan fingerprint density at radius 3 is 2.28 bits per heavy atom. The third-order valence-corrected chi connectivity index (χ3v) is 6.86. The summed E-state index contributed by atoms with van der Waals surface area (Å²) in [5.74, 6) is -1.18. The molecule has 0 aromatic heterocycles. The third-order valence-electron chi connectivity index (χ3n) is 5.29. The lowest BCUT2D eigenvalue weighted by molar-refractivity contribution is -0.250. The second-order valence-corrected chi connectivity index (χ2v) is 10.0. The van der Waals surface area contributed by atoms with E-state index < -0.39 is 68.8 Å². The Balaban J connectivity index is 2.48. The highest BCUT2D eigenvalue weighted by Gasteiger charge is 2.50. The minimum absolute atomic E-state index is 0.0647. The van der Waals surface area contributed by atoms with Crippen molar-refractivity contribution in [3.05, 3.63) is 24.3 Å². The lowest BCUT2D eigenvalue weighted by atomic mass is 9.97. The summed E-state index contributed by atoms with van der Waals surface area (Å²) in [6.45, 7) is 5.51. The van der Waals surface area contributed by atoms with E-state index >= 15 is 0 Å². The molecule has 7 atom stereocenters. The van der Waals surface area contributed by atoms with Crippen molar-refractivity contribution in [3.8, 4) is 11.5 Å². The molecule has 1 fully saturated rings. The Morgan fingerprint density at radius 1 is 1.17 bits per heavy atom. The van der Waals surface area contributed by atoms with Gasteiger partial charge in [0.2, 0.25) is 5.91 Å². The van der Waals surface area contributed by atoms with Gasteiger partial charge in [0.1, 0.15) is 41.9 Å². The van der Waals surface area contributed by atoms with Gasteiger partial charge >= 0.3 is 13.7 Å². The van der Waals surface area contributed by atoms with Crippen LogP contribution >= 0.6 is 7.75 Å². The van der Waals surface area contributed by atoms with Crippen molar-refractivity contribution in [2.45, 2.75) is 64.4 Å². The van der Waals surface area contributed by atoms with Gasteiger partial charge in [0, 0.05) is 6.92 Å². The number of aliphatic hydroxyl groups excluding tert-OH is 3. The van der Waals surface area contributed by atoms with E-state index in [0.717, 1.165) is 6.92 Å². The van der Waals surface area contributed by atoms with Crippen LogP contribution in [-0.4, -0.2) is 84.2 Å². The molecule has 1 aliphatic rings. The Hall–Kier alpha value is -2.25. The fourth-order valence-electron chi connectivity index (χ4n) is 3.49. The van der Waals surface area contributed by atoms with Gasteiger partial charge in [-0.1, -0.05) is 13.8 Å². The van der Waals surface area contributed by atoms with E-state index in [2.05, 4.69) is 10.4 Å². The standard InChI is InChI=1S/C22H35N2O11P/c1-6-32-21(28)17(12(2)3)24-36(30,34-15-9-7-14(31-5)8-10-15)35-20-18(23-13(4)26)22(29)33-16(11-25)19(20)27/h7-10,12,16-20,22,25,27,29H,6,11H2,1-5H3,(H,23,26)(H,24,30)/t16-,17?,18-,19-,20+,22+,36?/m1/s1. The number of amides is 1. The molecule has 0 radical (unpaired) electrons. The molecule has 1 amide bonds. The Kier molecular flexibility index (Phi) is 11.1. The number of hydrogen-bond donors (Lipinski definition) is 5. The summed E-state index contributed by atoms with van der Waals surface area (Å²) >= 11 is 0. The minimum atomic E-state index is -4.55. The normalized spacial score (nSPS) is 26.5. The molecule has 14 heteroatoms. The zero-order valence-corrected chi connectivity index (χ0v) is 21.7. The molecule has 0 bridgehead atoms. The number of esters is 1. The maximum absolute atomic E-state index is 14.1. The first-order valence-corrected chi connectivity index (χ1v) is 12.9. The quantitative estimate of drug-likeness (QED) is 0.183. The SMILES string of the molecule is CCOC(=O)C(NP(=O)(Oc1ccc(OC)cc1)O[C@@H]1[C@H](O)[C@@H](CO)O[C@H](O)[C@@H]1NC(C)=O)C(C)C. The average Bonchev–Trinajstić information content (AvgIpc) is 2.82. The summed E-state index contributed by atoms with van der Waals surface area (Å²) in [6, 6.07) is 3.43. The van der Waals surface area contributed by atoms with Crippen LogP contribution in [0.15, 0.2) is 24.3 Å². The van der Waals surface area contributed by atoms with Crippen LogP contribution < -0.4 is 19.7 Å². The van der Waals surface area contributed by atoms with Crippen LogP contribution in [0, 0.1) is 5.92 Å². The van der Waals surface area contributed by atoms with Crippen molar-refractivity contribution in [3.63, 3.8) is 0 Å². The molecule has 0 aliphatic carbocycles. The predicted octanol–water partition coefficient (Wildman–Crippen LogP) is 0.320. The van der Waals surface area contributed by atoms with E-state index in [1.54, 1.807) is 32.9 Å². The number of aliphatic hydroxyl groups is 3. The smallest absolute Gasteiger partial charge is 0.459 e. The fraction of sp³-hybridized carbons (Fsp3) is 0.636. The second-order valence-electron chi connectivity index (χ2n) is 8.40. The number of rotatable bonds is 12. The summed E-state index contributed by atoms with van der Waals surface area (Å²) in [6.07, 6.45) is -6.28.